The summed E-state index contributed by atoms with van der Waals surface area (Å²) >= 11 is 0. The van der Waals surface area contributed by atoms with Crippen LogP contribution in [0.5, 0.6) is 0 Å². The van der Waals surface area contributed by atoms with Crippen molar-refractivity contribution in [3.05, 3.63) is 107 Å². The lowest BCUT2D eigenvalue weighted by Crippen LogP contribution is -2.36. The third-order valence-electron chi connectivity index (χ3n) is 9.72. The molecule has 0 aliphatic heterocycles. The standard InChI is InChI=1S/C40H52O4/c1-29(17-13-19-31(3)21-23-35(43)39(9)27-33(41)25-37(39,5)6)15-11-12-16-30(2)18-14-20-32(4)22-24-36(44)40(10)28-34(42)26-38(40,7)8/h11-24H,25-28H2,1-10H3. The normalized spacial score (nSPS) is 27.0. The van der Waals surface area contributed by atoms with Gasteiger partial charge in [0.15, 0.2) is 11.6 Å². The second kappa shape index (κ2) is 14.9. The molecule has 0 spiro atoms. The minimum atomic E-state index is -0.644. The van der Waals surface area contributed by atoms with E-state index in [1.54, 1.807) is 12.2 Å². The van der Waals surface area contributed by atoms with Crippen molar-refractivity contribution in [1.29, 1.82) is 0 Å². The SMILES string of the molecule is CC(C=CC=C(C)C=CC(=O)C1(C)CC(=O)CC1(C)C)=CC=CC=C(C)C=CC=C(C)C=CC(=O)C1(C)CC(=O)CC1(C)C. The molecular weight excluding hydrogens is 544 g/mol. The molecule has 4 nitrogen and oxygen atoms in total. The minimum absolute atomic E-state index is 0.0110. The predicted octanol–water partition coefficient (Wildman–Crippen LogP) is 9.48. The quantitative estimate of drug-likeness (QED) is 0.166. The molecule has 0 heterocycles. The van der Waals surface area contributed by atoms with E-state index in [0.717, 1.165) is 22.3 Å². The van der Waals surface area contributed by atoms with Crippen LogP contribution in [0.15, 0.2) is 107 Å². The Balaban J connectivity index is 1.88. The van der Waals surface area contributed by atoms with Gasteiger partial charge in [0.25, 0.3) is 0 Å². The first kappa shape index (κ1) is 36.5. The number of allylic oxidation sites excluding steroid dienone is 18. The summed E-state index contributed by atoms with van der Waals surface area (Å²) in [6.07, 6.45) is 28.3. The van der Waals surface area contributed by atoms with Crippen LogP contribution < -0.4 is 0 Å². The van der Waals surface area contributed by atoms with Crippen LogP contribution in [0, 0.1) is 21.7 Å². The molecule has 0 saturated heterocycles. The van der Waals surface area contributed by atoms with Gasteiger partial charge in [-0.05, 0) is 50.7 Å². The van der Waals surface area contributed by atoms with Gasteiger partial charge in [-0.3, -0.25) is 19.2 Å². The van der Waals surface area contributed by atoms with Gasteiger partial charge in [0, 0.05) is 36.5 Å². The van der Waals surface area contributed by atoms with E-state index in [-0.39, 0.29) is 34.0 Å². The van der Waals surface area contributed by atoms with Crippen LogP contribution in [0.1, 0.15) is 94.9 Å². The van der Waals surface area contributed by atoms with Gasteiger partial charge in [-0.25, -0.2) is 0 Å². The highest BCUT2D eigenvalue weighted by atomic mass is 16.1. The molecule has 4 heteroatoms. The maximum atomic E-state index is 12.9. The Morgan fingerprint density at radius 2 is 0.750 bits per heavy atom. The van der Waals surface area contributed by atoms with E-state index in [1.165, 1.54) is 0 Å². The Bertz CT molecular complexity index is 1320. The zero-order valence-corrected chi connectivity index (χ0v) is 28.5. The molecule has 0 N–H and O–H groups in total. The van der Waals surface area contributed by atoms with Crippen molar-refractivity contribution in [2.45, 2.75) is 94.9 Å². The molecule has 2 fully saturated rings. The van der Waals surface area contributed by atoms with Crippen LogP contribution in [-0.2, 0) is 19.2 Å². The lowest BCUT2D eigenvalue weighted by atomic mass is 9.66. The largest absolute Gasteiger partial charge is 0.300 e. The molecule has 44 heavy (non-hydrogen) atoms. The number of hydrogen-bond acceptors (Lipinski definition) is 4. The van der Waals surface area contributed by atoms with Crippen LogP contribution in [0.4, 0.5) is 0 Å². The average Bonchev–Trinajstić information content (AvgIpc) is 3.27. The number of Topliss-reactive ketones (excluding diaryl/α,β-unsaturated/α-hetero) is 2. The molecule has 0 radical (unpaired) electrons. The highest BCUT2D eigenvalue weighted by Gasteiger charge is 2.53. The number of rotatable bonds is 12. The van der Waals surface area contributed by atoms with E-state index < -0.39 is 10.8 Å². The van der Waals surface area contributed by atoms with Crippen molar-refractivity contribution in [3.63, 3.8) is 0 Å². The van der Waals surface area contributed by atoms with Gasteiger partial charge in [-0.2, -0.15) is 0 Å². The summed E-state index contributed by atoms with van der Waals surface area (Å²) in [4.78, 5) is 49.7. The van der Waals surface area contributed by atoms with E-state index in [4.69, 9.17) is 0 Å². The molecule has 0 bridgehead atoms. The molecule has 0 aromatic heterocycles. The molecule has 236 valence electrons. The monoisotopic (exact) mass is 596 g/mol. The van der Waals surface area contributed by atoms with Crippen molar-refractivity contribution < 1.29 is 19.2 Å². The lowest BCUT2D eigenvalue weighted by Gasteiger charge is -2.35. The molecule has 2 saturated carbocycles. The predicted molar refractivity (Wildman–Crippen MR) is 183 cm³/mol. The zero-order valence-electron chi connectivity index (χ0n) is 28.5. The molecule has 2 atom stereocenters. The van der Waals surface area contributed by atoms with Gasteiger partial charge in [0.1, 0.15) is 11.6 Å². The second-order valence-electron chi connectivity index (χ2n) is 14.4. The number of hydrogen-bond donors (Lipinski definition) is 0. The van der Waals surface area contributed by atoms with Gasteiger partial charge in [0.2, 0.25) is 0 Å². The molecule has 2 aliphatic rings. The van der Waals surface area contributed by atoms with Gasteiger partial charge in [-0.1, -0.05) is 137 Å². The summed E-state index contributed by atoms with van der Waals surface area (Å²) < 4.78 is 0. The molecular formula is C40H52O4. The number of carbonyl (C=O) groups is 4. The highest BCUT2D eigenvalue weighted by molar-refractivity contribution is 6.02. The molecule has 0 aromatic rings. The van der Waals surface area contributed by atoms with Crippen LogP contribution in [0.25, 0.3) is 0 Å². The average molecular weight is 597 g/mol. The summed E-state index contributed by atoms with van der Waals surface area (Å²) in [7, 11) is 0. The molecule has 2 unspecified atom stereocenters. The highest BCUT2D eigenvalue weighted by Crippen LogP contribution is 2.52. The summed E-state index contributed by atoms with van der Waals surface area (Å²) in [6.45, 7) is 19.8. The Morgan fingerprint density at radius 3 is 1.05 bits per heavy atom. The summed E-state index contributed by atoms with van der Waals surface area (Å²) in [5.41, 5.74) is 2.16. The molecule has 2 rings (SSSR count). The fourth-order valence-corrected chi connectivity index (χ4v) is 5.73. The second-order valence-corrected chi connectivity index (χ2v) is 14.4. The van der Waals surface area contributed by atoms with E-state index >= 15 is 0 Å². The number of ketones is 4. The van der Waals surface area contributed by atoms with E-state index in [9.17, 15) is 19.2 Å². The fraction of sp³-hybridized carbons (Fsp3) is 0.450. The summed E-state index contributed by atoms with van der Waals surface area (Å²) in [6, 6.07) is 0. The Morgan fingerprint density at radius 1 is 0.455 bits per heavy atom. The first-order chi connectivity index (χ1) is 20.3. The Kier molecular flexibility index (Phi) is 12.4. The first-order valence-corrected chi connectivity index (χ1v) is 15.5. The van der Waals surface area contributed by atoms with Gasteiger partial charge in [0.05, 0.1) is 0 Å². The summed E-state index contributed by atoms with van der Waals surface area (Å²) in [5, 5.41) is 0. The van der Waals surface area contributed by atoms with Gasteiger partial charge >= 0.3 is 0 Å². The number of carbonyl (C=O) groups excluding carboxylic acids is 4. The third-order valence-corrected chi connectivity index (χ3v) is 9.72. The van der Waals surface area contributed by atoms with Crippen molar-refractivity contribution >= 4 is 23.1 Å². The minimum Gasteiger partial charge on any atom is -0.300 e. The van der Waals surface area contributed by atoms with Crippen LogP contribution in [0.2, 0.25) is 0 Å². The topological polar surface area (TPSA) is 68.3 Å². The summed E-state index contributed by atoms with van der Waals surface area (Å²) in [5.74, 6) is 0.343. The lowest BCUT2D eigenvalue weighted by molar-refractivity contribution is -0.128. The molecule has 0 aromatic carbocycles. The third kappa shape index (κ3) is 9.42. The van der Waals surface area contributed by atoms with Gasteiger partial charge < -0.3 is 0 Å². The molecule has 2 aliphatic carbocycles. The first-order valence-electron chi connectivity index (χ1n) is 15.5. The van der Waals surface area contributed by atoms with Gasteiger partial charge in [-0.15, -0.1) is 0 Å². The van der Waals surface area contributed by atoms with Crippen LogP contribution >= 0.6 is 0 Å². The van der Waals surface area contributed by atoms with Crippen molar-refractivity contribution in [1.82, 2.24) is 0 Å². The van der Waals surface area contributed by atoms with Crippen molar-refractivity contribution in [2.75, 3.05) is 0 Å². The van der Waals surface area contributed by atoms with E-state index in [2.05, 4.69) is 0 Å². The Labute approximate surface area is 265 Å². The Hall–Kier alpha value is -3.66. The molecule has 0 amide bonds. The van der Waals surface area contributed by atoms with Crippen LogP contribution in [-0.4, -0.2) is 23.1 Å². The zero-order chi connectivity index (χ0) is 33.3. The van der Waals surface area contributed by atoms with E-state index in [0.29, 0.717) is 25.7 Å². The van der Waals surface area contributed by atoms with Crippen LogP contribution in [0.3, 0.4) is 0 Å². The van der Waals surface area contributed by atoms with Crippen molar-refractivity contribution in [3.8, 4) is 0 Å². The smallest absolute Gasteiger partial charge is 0.162 e. The maximum absolute atomic E-state index is 12.9. The maximum Gasteiger partial charge on any atom is 0.162 e. The van der Waals surface area contributed by atoms with Crippen molar-refractivity contribution in [2.24, 2.45) is 21.7 Å². The van der Waals surface area contributed by atoms with E-state index in [1.807, 2.05) is 142 Å². The fourth-order valence-electron chi connectivity index (χ4n) is 5.73.